The summed E-state index contributed by atoms with van der Waals surface area (Å²) < 4.78 is 7.40. The Morgan fingerprint density at radius 1 is 1.07 bits per heavy atom. The van der Waals surface area contributed by atoms with Gasteiger partial charge in [-0.25, -0.2) is 0 Å². The smallest absolute Gasteiger partial charge is 0.316 e. The van der Waals surface area contributed by atoms with Crippen molar-refractivity contribution < 1.29 is 9.53 Å². The molecule has 0 saturated carbocycles. The average Bonchev–Trinajstić information content (AvgIpc) is 3.03. The Bertz CT molecular complexity index is 889. The fraction of sp³-hybridized carbons (Fsp3) is 0.300. The minimum absolute atomic E-state index is 0.181. The van der Waals surface area contributed by atoms with E-state index in [9.17, 15) is 4.79 Å². The first-order chi connectivity index (χ1) is 12.9. The SMILES string of the molecule is CC(C)(C)OC(=O)CSc1nnc(-c2ccncc2)n1Cc1ccccc1. The summed E-state index contributed by atoms with van der Waals surface area (Å²) in [6.07, 6.45) is 3.45. The highest BCUT2D eigenvalue weighted by molar-refractivity contribution is 7.99. The summed E-state index contributed by atoms with van der Waals surface area (Å²) in [4.78, 5) is 16.1. The molecule has 0 bridgehead atoms. The molecule has 3 rings (SSSR count). The summed E-state index contributed by atoms with van der Waals surface area (Å²) >= 11 is 1.33. The van der Waals surface area contributed by atoms with Crippen molar-refractivity contribution in [3.63, 3.8) is 0 Å². The highest BCUT2D eigenvalue weighted by Gasteiger charge is 2.19. The minimum atomic E-state index is -0.502. The topological polar surface area (TPSA) is 69.9 Å². The Morgan fingerprint density at radius 2 is 1.78 bits per heavy atom. The van der Waals surface area contributed by atoms with Crippen LogP contribution in [0.5, 0.6) is 0 Å². The number of pyridine rings is 1. The van der Waals surface area contributed by atoms with E-state index in [0.29, 0.717) is 11.7 Å². The average molecular weight is 382 g/mol. The van der Waals surface area contributed by atoms with E-state index in [1.165, 1.54) is 11.8 Å². The van der Waals surface area contributed by atoms with Crippen LogP contribution in [0.15, 0.2) is 60.0 Å². The van der Waals surface area contributed by atoms with Gasteiger partial charge in [-0.05, 0) is 38.5 Å². The molecule has 7 heteroatoms. The standard InChI is InChI=1S/C20H22N4O2S/c1-20(2,3)26-17(25)14-27-19-23-22-18(16-9-11-21-12-10-16)24(19)13-15-7-5-4-6-8-15/h4-12H,13-14H2,1-3H3. The van der Waals surface area contributed by atoms with Crippen molar-refractivity contribution in [2.45, 2.75) is 38.1 Å². The molecule has 0 unspecified atom stereocenters. The summed E-state index contributed by atoms with van der Waals surface area (Å²) in [7, 11) is 0. The number of benzene rings is 1. The third-order valence-corrected chi connectivity index (χ3v) is 4.52. The van der Waals surface area contributed by atoms with E-state index in [1.54, 1.807) is 12.4 Å². The molecule has 0 aliphatic heterocycles. The molecule has 140 valence electrons. The molecule has 3 aromatic rings. The molecular weight excluding hydrogens is 360 g/mol. The van der Waals surface area contributed by atoms with Gasteiger partial charge in [0.2, 0.25) is 0 Å². The molecule has 6 nitrogen and oxygen atoms in total. The molecule has 2 heterocycles. The monoisotopic (exact) mass is 382 g/mol. The van der Waals surface area contributed by atoms with Gasteiger partial charge in [0, 0.05) is 18.0 Å². The Kier molecular flexibility index (Phi) is 5.91. The predicted octanol–water partition coefficient (Wildman–Crippen LogP) is 3.82. The van der Waals surface area contributed by atoms with Gasteiger partial charge in [-0.15, -0.1) is 10.2 Å². The second kappa shape index (κ2) is 8.35. The van der Waals surface area contributed by atoms with Gasteiger partial charge in [-0.3, -0.25) is 14.3 Å². The van der Waals surface area contributed by atoms with Gasteiger partial charge in [0.25, 0.3) is 0 Å². The first kappa shape index (κ1) is 19.1. The van der Waals surface area contributed by atoms with E-state index in [1.807, 2.05) is 55.7 Å². The minimum Gasteiger partial charge on any atom is -0.459 e. The van der Waals surface area contributed by atoms with Crippen molar-refractivity contribution in [1.29, 1.82) is 0 Å². The lowest BCUT2D eigenvalue weighted by Gasteiger charge is -2.19. The maximum Gasteiger partial charge on any atom is 0.316 e. The van der Waals surface area contributed by atoms with Crippen LogP contribution in [0.4, 0.5) is 0 Å². The molecule has 2 aromatic heterocycles. The van der Waals surface area contributed by atoms with Gasteiger partial charge in [-0.2, -0.15) is 0 Å². The summed E-state index contributed by atoms with van der Waals surface area (Å²) in [6.45, 7) is 6.18. The van der Waals surface area contributed by atoms with Gasteiger partial charge < -0.3 is 4.74 Å². The zero-order chi connectivity index (χ0) is 19.3. The maximum absolute atomic E-state index is 12.1. The normalized spacial score (nSPS) is 11.4. The third-order valence-electron chi connectivity index (χ3n) is 3.58. The van der Waals surface area contributed by atoms with E-state index in [-0.39, 0.29) is 11.7 Å². The molecule has 0 N–H and O–H groups in total. The van der Waals surface area contributed by atoms with E-state index in [2.05, 4.69) is 27.3 Å². The first-order valence-electron chi connectivity index (χ1n) is 8.64. The first-order valence-corrected chi connectivity index (χ1v) is 9.63. The van der Waals surface area contributed by atoms with Crippen LogP contribution in [0, 0.1) is 0 Å². The number of hydrogen-bond acceptors (Lipinski definition) is 6. The highest BCUT2D eigenvalue weighted by atomic mass is 32.2. The Hall–Kier alpha value is -2.67. The van der Waals surface area contributed by atoms with Gasteiger partial charge >= 0.3 is 5.97 Å². The number of nitrogens with zero attached hydrogens (tertiary/aromatic N) is 4. The molecule has 0 aliphatic rings. The maximum atomic E-state index is 12.1. The van der Waals surface area contributed by atoms with Gasteiger partial charge in [0.1, 0.15) is 5.60 Å². The van der Waals surface area contributed by atoms with E-state index < -0.39 is 5.60 Å². The number of hydrogen-bond donors (Lipinski definition) is 0. The van der Waals surface area contributed by atoms with Crippen LogP contribution < -0.4 is 0 Å². The number of rotatable bonds is 6. The van der Waals surface area contributed by atoms with Crippen molar-refractivity contribution >= 4 is 17.7 Å². The highest BCUT2D eigenvalue weighted by Crippen LogP contribution is 2.25. The molecule has 1 aromatic carbocycles. The molecular formula is C20H22N4O2S. The quantitative estimate of drug-likeness (QED) is 0.477. The molecule has 0 aliphatic carbocycles. The lowest BCUT2D eigenvalue weighted by atomic mass is 10.2. The Balaban J connectivity index is 1.85. The van der Waals surface area contributed by atoms with E-state index in [0.717, 1.165) is 17.0 Å². The summed E-state index contributed by atoms with van der Waals surface area (Å²) in [5, 5.41) is 9.33. The zero-order valence-electron chi connectivity index (χ0n) is 15.6. The lowest BCUT2D eigenvalue weighted by Crippen LogP contribution is -2.25. The van der Waals surface area contributed by atoms with Crippen LogP contribution in [0.25, 0.3) is 11.4 Å². The number of aromatic nitrogens is 4. The molecule has 27 heavy (non-hydrogen) atoms. The number of thioether (sulfide) groups is 1. The lowest BCUT2D eigenvalue weighted by molar-refractivity contribution is -0.151. The number of carbonyl (C=O) groups is 1. The number of carbonyl (C=O) groups excluding carboxylic acids is 1. The Labute approximate surface area is 163 Å². The van der Waals surface area contributed by atoms with E-state index in [4.69, 9.17) is 4.74 Å². The Morgan fingerprint density at radius 3 is 2.44 bits per heavy atom. The molecule has 0 fully saturated rings. The van der Waals surface area contributed by atoms with Crippen molar-refractivity contribution in [3.05, 3.63) is 60.4 Å². The number of esters is 1. The second-order valence-electron chi connectivity index (χ2n) is 6.99. The van der Waals surface area contributed by atoms with Crippen LogP contribution in [-0.2, 0) is 16.1 Å². The van der Waals surface area contributed by atoms with Crippen LogP contribution >= 0.6 is 11.8 Å². The van der Waals surface area contributed by atoms with Crippen molar-refractivity contribution in [2.24, 2.45) is 0 Å². The largest absolute Gasteiger partial charge is 0.459 e. The predicted molar refractivity (Wildman–Crippen MR) is 105 cm³/mol. The molecule has 0 atom stereocenters. The zero-order valence-corrected chi connectivity index (χ0v) is 16.4. The summed E-state index contributed by atoms with van der Waals surface area (Å²) in [5.74, 6) is 0.653. The summed E-state index contributed by atoms with van der Waals surface area (Å²) in [5.41, 5.74) is 1.56. The van der Waals surface area contributed by atoms with Crippen LogP contribution in [0.2, 0.25) is 0 Å². The van der Waals surface area contributed by atoms with Gasteiger partial charge in [-0.1, -0.05) is 42.1 Å². The van der Waals surface area contributed by atoms with Gasteiger partial charge in [0.15, 0.2) is 11.0 Å². The van der Waals surface area contributed by atoms with Crippen LogP contribution in [0.3, 0.4) is 0 Å². The molecule has 0 radical (unpaired) electrons. The number of ether oxygens (including phenoxy) is 1. The second-order valence-corrected chi connectivity index (χ2v) is 7.93. The fourth-order valence-corrected chi connectivity index (χ4v) is 3.22. The summed E-state index contributed by atoms with van der Waals surface area (Å²) in [6, 6.07) is 13.9. The fourth-order valence-electron chi connectivity index (χ4n) is 2.51. The molecule has 0 saturated heterocycles. The molecule has 0 spiro atoms. The van der Waals surface area contributed by atoms with Crippen LogP contribution in [0.1, 0.15) is 26.3 Å². The van der Waals surface area contributed by atoms with E-state index >= 15 is 0 Å². The van der Waals surface area contributed by atoms with Crippen molar-refractivity contribution in [2.75, 3.05) is 5.75 Å². The molecule has 0 amide bonds. The third kappa shape index (κ3) is 5.40. The van der Waals surface area contributed by atoms with Crippen molar-refractivity contribution in [3.8, 4) is 11.4 Å². The van der Waals surface area contributed by atoms with Crippen molar-refractivity contribution in [1.82, 2.24) is 19.7 Å². The van der Waals surface area contributed by atoms with Gasteiger partial charge in [0.05, 0.1) is 12.3 Å². The van der Waals surface area contributed by atoms with Crippen LogP contribution in [-0.4, -0.2) is 37.1 Å².